The fourth-order valence-corrected chi connectivity index (χ4v) is 5.76. The van der Waals surface area contributed by atoms with E-state index in [1.165, 1.54) is 0 Å². The number of piperazine rings is 1. The van der Waals surface area contributed by atoms with Gasteiger partial charge in [0.2, 0.25) is 0 Å². The second-order valence-electron chi connectivity index (χ2n) is 10.4. The van der Waals surface area contributed by atoms with Gasteiger partial charge in [-0.3, -0.25) is 14.5 Å². The van der Waals surface area contributed by atoms with Gasteiger partial charge in [-0.05, 0) is 63.1 Å². The first-order valence-corrected chi connectivity index (χ1v) is 13.5. The summed E-state index contributed by atoms with van der Waals surface area (Å²) in [5, 5.41) is 6.44. The number of rotatable bonds is 7. The highest BCUT2D eigenvalue weighted by atomic mass is 16.5. The van der Waals surface area contributed by atoms with Gasteiger partial charge in [0.15, 0.2) is 0 Å². The zero-order valence-corrected chi connectivity index (χ0v) is 23.4. The number of hydrogen-bond acceptors (Lipinski definition) is 5. The highest BCUT2D eigenvalue weighted by Crippen LogP contribution is 2.35. The zero-order chi connectivity index (χ0) is 27.7. The first-order chi connectivity index (χ1) is 18.8. The number of aromatic amines is 1. The number of amides is 1. The van der Waals surface area contributed by atoms with E-state index < -0.39 is 0 Å². The molecule has 39 heavy (non-hydrogen) atoms. The van der Waals surface area contributed by atoms with Crippen LogP contribution in [0, 0.1) is 20.8 Å². The van der Waals surface area contributed by atoms with Crippen molar-refractivity contribution in [2.24, 2.45) is 0 Å². The Bertz CT molecular complexity index is 1580. The Hall–Kier alpha value is -3.88. The molecule has 1 aromatic carbocycles. The molecule has 204 valence electrons. The molecule has 0 spiro atoms. The van der Waals surface area contributed by atoms with Crippen molar-refractivity contribution in [2.45, 2.75) is 40.3 Å². The van der Waals surface area contributed by atoms with E-state index in [2.05, 4.69) is 50.2 Å². The Morgan fingerprint density at radius 1 is 1.10 bits per heavy atom. The summed E-state index contributed by atoms with van der Waals surface area (Å²) in [4.78, 5) is 31.4. The van der Waals surface area contributed by atoms with E-state index in [0.717, 1.165) is 71.1 Å². The molecule has 1 saturated heterocycles. The van der Waals surface area contributed by atoms with Crippen LogP contribution in [0.5, 0.6) is 5.75 Å². The van der Waals surface area contributed by atoms with Gasteiger partial charge < -0.3 is 24.8 Å². The second kappa shape index (κ2) is 11.1. The maximum absolute atomic E-state index is 13.6. The number of hydrogen-bond donors (Lipinski definition) is 3. The lowest BCUT2D eigenvalue weighted by molar-refractivity contribution is 0.0949. The predicted molar refractivity (Wildman–Crippen MR) is 155 cm³/mol. The molecule has 3 aromatic heterocycles. The summed E-state index contributed by atoms with van der Waals surface area (Å²) in [6.07, 6.45) is 2.14. The molecule has 0 aliphatic carbocycles. The molecular formula is C31H37N5O3. The molecular weight excluding hydrogens is 490 g/mol. The molecule has 0 radical (unpaired) electrons. The molecule has 1 aliphatic heterocycles. The van der Waals surface area contributed by atoms with Gasteiger partial charge in [0.05, 0.1) is 7.11 Å². The topological polar surface area (TPSA) is 90.9 Å². The minimum absolute atomic E-state index is 0.0995. The number of aryl methyl sites for hydroxylation is 2. The molecule has 8 nitrogen and oxygen atoms in total. The van der Waals surface area contributed by atoms with Crippen LogP contribution in [-0.4, -0.2) is 53.5 Å². The minimum Gasteiger partial charge on any atom is -0.496 e. The van der Waals surface area contributed by atoms with Gasteiger partial charge in [-0.1, -0.05) is 18.2 Å². The van der Waals surface area contributed by atoms with Crippen LogP contribution in [0.25, 0.3) is 16.6 Å². The number of aromatic nitrogens is 2. The van der Waals surface area contributed by atoms with Crippen molar-refractivity contribution in [3.8, 4) is 16.9 Å². The quantitative estimate of drug-likeness (QED) is 0.336. The SMILES string of the molecule is COc1ccccc1-c1cc2cc(C(=O)NCc3c(C)cc(C)[nH]c3=O)c(C)c(C(C)N3CCNCC3)n2c1. The van der Waals surface area contributed by atoms with E-state index in [1.54, 1.807) is 7.11 Å². The number of pyridine rings is 2. The van der Waals surface area contributed by atoms with E-state index in [1.807, 2.05) is 51.1 Å². The van der Waals surface area contributed by atoms with Crippen LogP contribution in [0.2, 0.25) is 0 Å². The van der Waals surface area contributed by atoms with Crippen molar-refractivity contribution in [2.75, 3.05) is 33.3 Å². The third kappa shape index (κ3) is 5.22. The number of para-hydroxylation sites is 1. The number of nitrogens with zero attached hydrogens (tertiary/aromatic N) is 2. The van der Waals surface area contributed by atoms with Crippen molar-refractivity contribution in [1.82, 2.24) is 24.9 Å². The summed E-state index contributed by atoms with van der Waals surface area (Å²) < 4.78 is 7.86. The molecule has 0 saturated carbocycles. The molecule has 3 N–H and O–H groups in total. The first kappa shape index (κ1) is 26.7. The summed E-state index contributed by atoms with van der Waals surface area (Å²) in [6.45, 7) is 11.9. The highest BCUT2D eigenvalue weighted by Gasteiger charge is 2.26. The Balaban J connectivity index is 1.58. The number of nitrogens with one attached hydrogen (secondary N) is 3. The molecule has 1 fully saturated rings. The molecule has 1 atom stereocenters. The standard InChI is InChI=1S/C31H37N5O3/c1-19-14-20(2)34-31(38)27(19)17-33-30(37)26-16-24-15-23(25-8-6-7-9-28(25)39-5)18-36(24)29(21(26)3)22(4)35-12-10-32-11-13-35/h6-9,14-16,18,22,32H,10-13,17H2,1-5H3,(H,33,37)(H,34,38). The number of methoxy groups -OCH3 is 1. The number of H-pyrrole nitrogens is 1. The van der Waals surface area contributed by atoms with Crippen molar-refractivity contribution < 1.29 is 9.53 Å². The van der Waals surface area contributed by atoms with Gasteiger partial charge in [-0.2, -0.15) is 0 Å². The lowest BCUT2D eigenvalue weighted by atomic mass is 10.0. The smallest absolute Gasteiger partial charge is 0.253 e. The normalized spacial score (nSPS) is 14.9. The average Bonchev–Trinajstić information content (AvgIpc) is 3.35. The molecule has 5 rings (SSSR count). The molecule has 4 aromatic rings. The van der Waals surface area contributed by atoms with Crippen molar-refractivity contribution in [1.29, 1.82) is 0 Å². The zero-order valence-electron chi connectivity index (χ0n) is 23.4. The molecule has 8 heteroatoms. The van der Waals surface area contributed by atoms with E-state index in [4.69, 9.17) is 4.74 Å². The second-order valence-corrected chi connectivity index (χ2v) is 10.4. The number of carbonyl (C=O) groups excluding carboxylic acids is 1. The fourth-order valence-electron chi connectivity index (χ4n) is 5.76. The summed E-state index contributed by atoms with van der Waals surface area (Å²) in [6, 6.07) is 14.1. The summed E-state index contributed by atoms with van der Waals surface area (Å²) in [5.41, 5.74) is 7.68. The summed E-state index contributed by atoms with van der Waals surface area (Å²) in [5.74, 6) is 0.613. The number of carbonyl (C=O) groups is 1. The molecule has 1 amide bonds. The summed E-state index contributed by atoms with van der Waals surface area (Å²) >= 11 is 0. The van der Waals surface area contributed by atoms with E-state index in [0.29, 0.717) is 11.1 Å². The van der Waals surface area contributed by atoms with Crippen LogP contribution in [0.15, 0.2) is 53.5 Å². The lowest BCUT2D eigenvalue weighted by Gasteiger charge is -2.34. The Kier molecular flexibility index (Phi) is 7.59. The maximum atomic E-state index is 13.6. The molecule has 1 aliphatic rings. The molecule has 4 heterocycles. The van der Waals surface area contributed by atoms with Gasteiger partial charge in [0, 0.05) is 84.1 Å². The predicted octanol–water partition coefficient (Wildman–Crippen LogP) is 4.12. The first-order valence-electron chi connectivity index (χ1n) is 13.5. The Labute approximate surface area is 229 Å². The third-order valence-electron chi connectivity index (χ3n) is 7.87. The number of fused-ring (bicyclic) bond motifs is 1. The number of benzene rings is 1. The van der Waals surface area contributed by atoms with Crippen LogP contribution in [0.3, 0.4) is 0 Å². The van der Waals surface area contributed by atoms with Crippen LogP contribution in [-0.2, 0) is 6.54 Å². The van der Waals surface area contributed by atoms with Gasteiger partial charge in [0.1, 0.15) is 5.75 Å². The average molecular weight is 528 g/mol. The number of ether oxygens (including phenoxy) is 1. The van der Waals surface area contributed by atoms with Crippen LogP contribution >= 0.6 is 0 Å². The minimum atomic E-state index is -0.192. The molecule has 1 unspecified atom stereocenters. The monoisotopic (exact) mass is 527 g/mol. The summed E-state index contributed by atoms with van der Waals surface area (Å²) in [7, 11) is 1.68. The van der Waals surface area contributed by atoms with Gasteiger partial charge in [-0.15, -0.1) is 0 Å². The van der Waals surface area contributed by atoms with E-state index in [-0.39, 0.29) is 24.1 Å². The third-order valence-corrected chi connectivity index (χ3v) is 7.87. The van der Waals surface area contributed by atoms with Crippen LogP contribution in [0.1, 0.15) is 51.4 Å². The van der Waals surface area contributed by atoms with Gasteiger partial charge >= 0.3 is 0 Å². The van der Waals surface area contributed by atoms with Gasteiger partial charge in [0.25, 0.3) is 11.5 Å². The highest BCUT2D eigenvalue weighted by molar-refractivity contribution is 5.97. The Morgan fingerprint density at radius 2 is 1.85 bits per heavy atom. The maximum Gasteiger partial charge on any atom is 0.253 e. The van der Waals surface area contributed by atoms with Crippen molar-refractivity contribution in [3.05, 3.63) is 92.7 Å². The van der Waals surface area contributed by atoms with Crippen molar-refractivity contribution in [3.63, 3.8) is 0 Å². The largest absolute Gasteiger partial charge is 0.496 e. The van der Waals surface area contributed by atoms with Crippen LogP contribution in [0.4, 0.5) is 0 Å². The van der Waals surface area contributed by atoms with Crippen molar-refractivity contribution >= 4 is 11.4 Å². The molecule has 0 bridgehead atoms. The van der Waals surface area contributed by atoms with E-state index in [9.17, 15) is 9.59 Å². The Morgan fingerprint density at radius 3 is 2.56 bits per heavy atom. The van der Waals surface area contributed by atoms with Crippen LogP contribution < -0.4 is 20.9 Å². The van der Waals surface area contributed by atoms with E-state index >= 15 is 0 Å². The lowest BCUT2D eigenvalue weighted by Crippen LogP contribution is -2.45. The fraction of sp³-hybridized carbons (Fsp3) is 0.355. The van der Waals surface area contributed by atoms with Gasteiger partial charge in [-0.25, -0.2) is 0 Å².